The lowest BCUT2D eigenvalue weighted by molar-refractivity contribution is -0.124. The molecule has 0 radical (unpaired) electrons. The average molecular weight is 410 g/mol. The van der Waals surface area contributed by atoms with Crippen LogP contribution < -0.4 is 10.6 Å². The minimum atomic E-state index is -0.398. The monoisotopic (exact) mass is 409 g/mol. The van der Waals surface area contributed by atoms with E-state index in [1.807, 2.05) is 12.1 Å². The summed E-state index contributed by atoms with van der Waals surface area (Å²) in [5.41, 5.74) is 3.45. The van der Waals surface area contributed by atoms with Crippen LogP contribution >= 0.6 is 0 Å². The molecule has 1 heterocycles. The van der Waals surface area contributed by atoms with Crippen LogP contribution in [0.2, 0.25) is 0 Å². The highest BCUT2D eigenvalue weighted by Crippen LogP contribution is 2.17. The first-order valence-corrected chi connectivity index (χ1v) is 10.7. The smallest absolute Gasteiger partial charge is 0.253 e. The zero-order valence-electron chi connectivity index (χ0n) is 17.8. The van der Waals surface area contributed by atoms with E-state index in [2.05, 4.69) is 41.5 Å². The second-order valence-electron chi connectivity index (χ2n) is 7.48. The van der Waals surface area contributed by atoms with Gasteiger partial charge in [-0.25, -0.2) is 0 Å². The lowest BCUT2D eigenvalue weighted by atomic mass is 10.1. The molecular weight excluding hydrogens is 378 g/mol. The Morgan fingerprint density at radius 3 is 2.53 bits per heavy atom. The molecule has 1 fully saturated rings. The van der Waals surface area contributed by atoms with Crippen molar-refractivity contribution in [2.24, 2.45) is 0 Å². The van der Waals surface area contributed by atoms with E-state index in [-0.39, 0.29) is 11.8 Å². The number of benzene rings is 2. The Bertz CT molecular complexity index is 858. The van der Waals surface area contributed by atoms with Crippen LogP contribution in [0.1, 0.15) is 48.2 Å². The third kappa shape index (κ3) is 5.90. The molecule has 1 aliphatic rings. The van der Waals surface area contributed by atoms with E-state index in [0.29, 0.717) is 24.4 Å². The van der Waals surface area contributed by atoms with E-state index in [1.54, 1.807) is 24.3 Å². The molecule has 2 amide bonds. The van der Waals surface area contributed by atoms with Gasteiger partial charge in [0.1, 0.15) is 6.10 Å². The Hall–Kier alpha value is -2.70. The quantitative estimate of drug-likeness (QED) is 0.664. The summed E-state index contributed by atoms with van der Waals surface area (Å²) in [6.07, 6.45) is 1.24. The first kappa shape index (κ1) is 22.0. The summed E-state index contributed by atoms with van der Waals surface area (Å²) in [6.45, 7) is 8.23. The number of nitrogens with one attached hydrogen (secondary N) is 2. The van der Waals surface area contributed by atoms with Crippen LogP contribution in [0.3, 0.4) is 0 Å². The standard InChI is InChI=1S/C24H31N3O3/c1-3-27(4-2)17-20-10-6-5-9-19(20)16-25-23(28)18-11-7-12-21(15-18)26-24(29)22-13-8-14-30-22/h5-7,9-12,15,22H,3-4,8,13-14,16-17H2,1-2H3,(H,25,28)(H,26,29). The second kappa shape index (κ2) is 10.9. The van der Waals surface area contributed by atoms with Crippen molar-refractivity contribution in [3.63, 3.8) is 0 Å². The molecule has 0 saturated carbocycles. The van der Waals surface area contributed by atoms with Crippen LogP contribution in [0.4, 0.5) is 5.69 Å². The Morgan fingerprint density at radius 2 is 1.83 bits per heavy atom. The van der Waals surface area contributed by atoms with Crippen LogP contribution in [0.25, 0.3) is 0 Å². The molecule has 2 aromatic carbocycles. The molecule has 1 atom stereocenters. The van der Waals surface area contributed by atoms with Gasteiger partial charge in [0.2, 0.25) is 0 Å². The van der Waals surface area contributed by atoms with Gasteiger partial charge >= 0.3 is 0 Å². The van der Waals surface area contributed by atoms with Gasteiger partial charge in [-0.2, -0.15) is 0 Å². The zero-order valence-corrected chi connectivity index (χ0v) is 17.8. The summed E-state index contributed by atoms with van der Waals surface area (Å²) >= 11 is 0. The van der Waals surface area contributed by atoms with Gasteiger partial charge in [0, 0.05) is 30.9 Å². The van der Waals surface area contributed by atoms with Gasteiger partial charge in [0.05, 0.1) is 0 Å². The summed E-state index contributed by atoms with van der Waals surface area (Å²) in [7, 11) is 0. The molecule has 1 aliphatic heterocycles. The zero-order chi connectivity index (χ0) is 21.3. The number of hydrogen-bond donors (Lipinski definition) is 2. The predicted molar refractivity (Wildman–Crippen MR) is 118 cm³/mol. The van der Waals surface area contributed by atoms with Gasteiger partial charge in [-0.3, -0.25) is 14.5 Å². The molecule has 0 spiro atoms. The van der Waals surface area contributed by atoms with Crippen molar-refractivity contribution in [3.8, 4) is 0 Å². The predicted octanol–water partition coefficient (Wildman–Crippen LogP) is 3.58. The van der Waals surface area contributed by atoms with Crippen LogP contribution in [-0.2, 0) is 22.6 Å². The number of ether oxygens (including phenoxy) is 1. The number of hydrogen-bond acceptors (Lipinski definition) is 4. The van der Waals surface area contributed by atoms with Crippen LogP contribution in [0, 0.1) is 0 Å². The Kier molecular flexibility index (Phi) is 7.99. The van der Waals surface area contributed by atoms with Crippen LogP contribution in [0.5, 0.6) is 0 Å². The highest BCUT2D eigenvalue weighted by atomic mass is 16.5. The van der Waals surface area contributed by atoms with Crippen molar-refractivity contribution in [1.82, 2.24) is 10.2 Å². The molecule has 1 unspecified atom stereocenters. The van der Waals surface area contributed by atoms with Crippen LogP contribution in [-0.4, -0.2) is 42.5 Å². The molecule has 0 bridgehead atoms. The van der Waals surface area contributed by atoms with Crippen molar-refractivity contribution in [1.29, 1.82) is 0 Å². The fourth-order valence-corrected chi connectivity index (χ4v) is 3.60. The molecule has 0 aromatic heterocycles. The van der Waals surface area contributed by atoms with Crippen molar-refractivity contribution < 1.29 is 14.3 Å². The maximum absolute atomic E-state index is 12.7. The summed E-state index contributed by atoms with van der Waals surface area (Å²) in [5.74, 6) is -0.323. The summed E-state index contributed by atoms with van der Waals surface area (Å²) in [5, 5.41) is 5.85. The normalized spacial score (nSPS) is 15.9. The van der Waals surface area contributed by atoms with Gasteiger partial charge in [0.25, 0.3) is 11.8 Å². The highest BCUT2D eigenvalue weighted by Gasteiger charge is 2.23. The number of amides is 2. The van der Waals surface area contributed by atoms with Gasteiger partial charge in [-0.1, -0.05) is 44.2 Å². The molecular formula is C24H31N3O3. The molecule has 6 nitrogen and oxygen atoms in total. The second-order valence-corrected chi connectivity index (χ2v) is 7.48. The van der Waals surface area contributed by atoms with E-state index in [1.165, 1.54) is 5.56 Å². The fourth-order valence-electron chi connectivity index (χ4n) is 3.60. The summed E-state index contributed by atoms with van der Waals surface area (Å²) < 4.78 is 5.41. The summed E-state index contributed by atoms with van der Waals surface area (Å²) in [4.78, 5) is 27.3. The van der Waals surface area contributed by atoms with Gasteiger partial charge in [-0.15, -0.1) is 0 Å². The largest absolute Gasteiger partial charge is 0.368 e. The molecule has 2 N–H and O–H groups in total. The Labute approximate surface area is 178 Å². The molecule has 6 heteroatoms. The molecule has 160 valence electrons. The van der Waals surface area contributed by atoms with Crippen molar-refractivity contribution in [2.45, 2.75) is 45.9 Å². The lowest BCUT2D eigenvalue weighted by Gasteiger charge is -2.20. The van der Waals surface area contributed by atoms with Gasteiger partial charge in [0.15, 0.2) is 0 Å². The van der Waals surface area contributed by atoms with E-state index < -0.39 is 6.10 Å². The van der Waals surface area contributed by atoms with Gasteiger partial charge < -0.3 is 15.4 Å². The SMILES string of the molecule is CCN(CC)Cc1ccccc1CNC(=O)c1cccc(NC(=O)C2CCCO2)c1. The fraction of sp³-hybridized carbons (Fsp3) is 0.417. The minimum absolute atomic E-state index is 0.157. The van der Waals surface area contributed by atoms with Crippen molar-refractivity contribution in [2.75, 3.05) is 25.0 Å². The molecule has 3 rings (SSSR count). The van der Waals surface area contributed by atoms with Crippen LogP contribution in [0.15, 0.2) is 48.5 Å². The van der Waals surface area contributed by atoms with Crippen molar-refractivity contribution >= 4 is 17.5 Å². The number of anilines is 1. The van der Waals surface area contributed by atoms with Gasteiger partial charge in [-0.05, 0) is 55.3 Å². The first-order valence-electron chi connectivity index (χ1n) is 10.7. The van der Waals surface area contributed by atoms with E-state index in [9.17, 15) is 9.59 Å². The molecule has 1 saturated heterocycles. The topological polar surface area (TPSA) is 70.7 Å². The number of carbonyl (C=O) groups excluding carboxylic acids is 2. The molecule has 30 heavy (non-hydrogen) atoms. The first-order chi connectivity index (χ1) is 14.6. The maximum atomic E-state index is 12.7. The van der Waals surface area contributed by atoms with E-state index in [4.69, 9.17) is 4.74 Å². The number of rotatable bonds is 9. The third-order valence-electron chi connectivity index (χ3n) is 5.46. The molecule has 2 aromatic rings. The lowest BCUT2D eigenvalue weighted by Crippen LogP contribution is -2.27. The van der Waals surface area contributed by atoms with E-state index in [0.717, 1.165) is 38.0 Å². The number of nitrogens with zero attached hydrogens (tertiary/aromatic N) is 1. The van der Waals surface area contributed by atoms with Crippen molar-refractivity contribution in [3.05, 3.63) is 65.2 Å². The highest BCUT2D eigenvalue weighted by molar-refractivity contribution is 5.98. The molecule has 0 aliphatic carbocycles. The Balaban J connectivity index is 1.61. The minimum Gasteiger partial charge on any atom is -0.368 e. The third-order valence-corrected chi connectivity index (χ3v) is 5.46. The summed E-state index contributed by atoms with van der Waals surface area (Å²) in [6, 6.07) is 15.2. The maximum Gasteiger partial charge on any atom is 0.253 e. The average Bonchev–Trinajstić information content (AvgIpc) is 3.32. The number of carbonyl (C=O) groups is 2. The Morgan fingerprint density at radius 1 is 1.07 bits per heavy atom. The van der Waals surface area contributed by atoms with E-state index >= 15 is 0 Å².